The average molecular weight is 509 g/mol. The lowest BCUT2D eigenvalue weighted by Crippen LogP contribution is -2.58. The number of piperidine rings is 1. The van der Waals surface area contributed by atoms with Gasteiger partial charge in [-0.15, -0.1) is 0 Å². The molecule has 1 unspecified atom stereocenters. The van der Waals surface area contributed by atoms with Crippen LogP contribution in [0.3, 0.4) is 0 Å². The first kappa shape index (κ1) is 26.5. The molecule has 1 aromatic carbocycles. The lowest BCUT2D eigenvalue weighted by molar-refractivity contribution is -0.281. The topological polar surface area (TPSA) is 55.2 Å². The van der Waals surface area contributed by atoms with E-state index in [1.54, 1.807) is 18.4 Å². The van der Waals surface area contributed by atoms with Crippen molar-refractivity contribution in [2.75, 3.05) is 31.2 Å². The molecule has 1 atom stereocenters. The van der Waals surface area contributed by atoms with Crippen molar-refractivity contribution in [1.29, 1.82) is 0 Å². The van der Waals surface area contributed by atoms with Gasteiger partial charge >= 0.3 is 0 Å². The Morgan fingerprint density at radius 3 is 2.24 bits per heavy atom. The summed E-state index contributed by atoms with van der Waals surface area (Å²) >= 11 is 0. The molecule has 202 valence electrons. The minimum atomic E-state index is -0.478. The van der Waals surface area contributed by atoms with Gasteiger partial charge in [-0.25, -0.2) is 0 Å². The maximum atomic E-state index is 13.6. The molecule has 6 nitrogen and oxygen atoms in total. The Morgan fingerprint density at radius 2 is 1.65 bits per heavy atom. The molecular formula is C31H44N2O4. The Balaban J connectivity index is 1.31. The Kier molecular flexibility index (Phi) is 7.80. The molecule has 2 aliphatic heterocycles. The zero-order valence-electron chi connectivity index (χ0n) is 23.1. The quantitative estimate of drug-likeness (QED) is 0.450. The van der Waals surface area contributed by atoms with Gasteiger partial charge in [-0.2, -0.15) is 0 Å². The summed E-state index contributed by atoms with van der Waals surface area (Å²) in [5.74, 6) is 0.299. The van der Waals surface area contributed by atoms with Gasteiger partial charge < -0.3 is 18.8 Å². The second-order valence-electron chi connectivity index (χ2n) is 11.9. The van der Waals surface area contributed by atoms with Crippen molar-refractivity contribution in [3.63, 3.8) is 0 Å². The van der Waals surface area contributed by atoms with Gasteiger partial charge in [-0.1, -0.05) is 37.0 Å². The van der Waals surface area contributed by atoms with E-state index >= 15 is 0 Å². The molecule has 1 amide bonds. The summed E-state index contributed by atoms with van der Waals surface area (Å²) < 4.78 is 17.9. The summed E-state index contributed by atoms with van der Waals surface area (Å²) in [6.07, 6.45) is 9.89. The van der Waals surface area contributed by atoms with Gasteiger partial charge in [0.05, 0.1) is 19.5 Å². The smallest absolute Gasteiger partial charge is 0.294 e. The van der Waals surface area contributed by atoms with Gasteiger partial charge in [0.1, 0.15) is 0 Å². The van der Waals surface area contributed by atoms with Gasteiger partial charge in [-0.3, -0.25) is 9.69 Å². The van der Waals surface area contributed by atoms with Gasteiger partial charge in [-0.05, 0) is 83.1 Å². The van der Waals surface area contributed by atoms with Crippen LogP contribution in [-0.4, -0.2) is 55.0 Å². The third kappa shape index (κ3) is 5.52. The van der Waals surface area contributed by atoms with Crippen LogP contribution in [0.1, 0.15) is 81.8 Å². The van der Waals surface area contributed by atoms with E-state index in [2.05, 4.69) is 43.0 Å². The van der Waals surface area contributed by atoms with Crippen LogP contribution in [0.25, 0.3) is 0 Å². The lowest BCUT2D eigenvalue weighted by atomic mass is 9.61. The first-order chi connectivity index (χ1) is 17.8. The van der Waals surface area contributed by atoms with E-state index in [4.69, 9.17) is 13.9 Å². The minimum Gasteiger partial charge on any atom is -0.459 e. The second kappa shape index (κ2) is 10.9. The first-order valence-electron chi connectivity index (χ1n) is 14.2. The zero-order chi connectivity index (χ0) is 26.0. The second-order valence-corrected chi connectivity index (χ2v) is 11.9. The summed E-state index contributed by atoms with van der Waals surface area (Å²) in [5.41, 5.74) is 2.36. The molecule has 0 bridgehead atoms. The van der Waals surface area contributed by atoms with Crippen LogP contribution in [0.4, 0.5) is 5.69 Å². The number of rotatable bonds is 6. The number of aryl methyl sites for hydroxylation is 1. The zero-order valence-corrected chi connectivity index (χ0v) is 23.1. The largest absolute Gasteiger partial charge is 0.459 e. The standard InChI is InChI=1S/C31H44N2O4/c1-23-10-12-26(13-11-23)33(29(34)28-9-8-20-35-28)27-14-18-32(19-15-27)24(2)31(16-6-5-7-17-31)25-21-36-30(3,4)37-22-25/h8-13,20,24-25,27H,5-7,14-19,21-22H2,1-4H3. The fourth-order valence-corrected chi connectivity index (χ4v) is 7.01. The van der Waals surface area contributed by atoms with Gasteiger partial charge in [0.15, 0.2) is 11.5 Å². The van der Waals surface area contributed by atoms with E-state index in [0.717, 1.165) is 44.8 Å². The van der Waals surface area contributed by atoms with Gasteiger partial charge in [0, 0.05) is 36.8 Å². The molecule has 1 aliphatic carbocycles. The molecule has 3 fully saturated rings. The predicted octanol–water partition coefficient (Wildman–Crippen LogP) is 6.44. The number of carbonyl (C=O) groups excluding carboxylic acids is 1. The number of amides is 1. The summed E-state index contributed by atoms with van der Waals surface area (Å²) in [4.78, 5) is 18.2. The van der Waals surface area contributed by atoms with E-state index in [1.165, 1.54) is 37.7 Å². The van der Waals surface area contributed by atoms with Crippen LogP contribution < -0.4 is 4.90 Å². The molecule has 3 heterocycles. The summed E-state index contributed by atoms with van der Waals surface area (Å²) in [6, 6.07) is 12.4. The molecule has 37 heavy (non-hydrogen) atoms. The SMILES string of the molecule is Cc1ccc(N(C(=O)c2ccco2)C2CCN(C(C)C3(C4COC(C)(C)OC4)CCCCC3)CC2)cc1. The van der Waals surface area contributed by atoms with Crippen LogP contribution in [-0.2, 0) is 9.47 Å². The predicted molar refractivity (Wildman–Crippen MR) is 146 cm³/mol. The molecule has 1 aromatic heterocycles. The van der Waals surface area contributed by atoms with E-state index in [1.807, 2.05) is 18.7 Å². The molecule has 2 saturated heterocycles. The van der Waals surface area contributed by atoms with Crippen LogP contribution >= 0.6 is 0 Å². The van der Waals surface area contributed by atoms with Crippen LogP contribution in [0, 0.1) is 18.3 Å². The first-order valence-corrected chi connectivity index (χ1v) is 14.2. The molecule has 2 aromatic rings. The third-order valence-electron chi connectivity index (χ3n) is 9.37. The van der Waals surface area contributed by atoms with E-state index < -0.39 is 5.79 Å². The highest BCUT2D eigenvalue weighted by molar-refractivity contribution is 6.04. The number of furan rings is 1. The van der Waals surface area contributed by atoms with Crippen molar-refractivity contribution in [2.45, 2.75) is 90.5 Å². The fourth-order valence-electron chi connectivity index (χ4n) is 7.01. The van der Waals surface area contributed by atoms with E-state index in [-0.39, 0.29) is 17.4 Å². The number of nitrogens with zero attached hydrogens (tertiary/aromatic N) is 2. The van der Waals surface area contributed by atoms with Gasteiger partial charge in [0.2, 0.25) is 0 Å². The number of likely N-dealkylation sites (tertiary alicyclic amines) is 1. The Hall–Kier alpha value is -2.15. The van der Waals surface area contributed by atoms with E-state index in [9.17, 15) is 4.79 Å². The van der Waals surface area contributed by atoms with Crippen LogP contribution in [0.15, 0.2) is 47.1 Å². The maximum Gasteiger partial charge on any atom is 0.294 e. The molecule has 5 rings (SSSR count). The van der Waals surface area contributed by atoms with Crippen LogP contribution in [0.2, 0.25) is 0 Å². The third-order valence-corrected chi connectivity index (χ3v) is 9.37. The number of benzene rings is 1. The minimum absolute atomic E-state index is 0.0526. The molecule has 0 radical (unpaired) electrons. The number of carbonyl (C=O) groups is 1. The molecule has 0 spiro atoms. The monoisotopic (exact) mass is 508 g/mol. The Bertz CT molecular complexity index is 1010. The van der Waals surface area contributed by atoms with Crippen molar-refractivity contribution in [2.24, 2.45) is 11.3 Å². The van der Waals surface area contributed by atoms with Crippen molar-refractivity contribution < 1.29 is 18.7 Å². The molecular weight excluding hydrogens is 464 g/mol. The van der Waals surface area contributed by atoms with E-state index in [0.29, 0.717) is 17.7 Å². The lowest BCUT2D eigenvalue weighted by Gasteiger charge is -2.54. The van der Waals surface area contributed by atoms with Crippen molar-refractivity contribution in [3.05, 3.63) is 54.0 Å². The van der Waals surface area contributed by atoms with Gasteiger partial charge in [0.25, 0.3) is 5.91 Å². The number of hydrogen-bond donors (Lipinski definition) is 0. The summed E-state index contributed by atoms with van der Waals surface area (Å²) in [7, 11) is 0. The highest BCUT2D eigenvalue weighted by atomic mass is 16.7. The average Bonchev–Trinajstić information content (AvgIpc) is 3.45. The molecule has 1 saturated carbocycles. The Labute approximate surface area is 222 Å². The highest BCUT2D eigenvalue weighted by Gasteiger charge is 2.49. The van der Waals surface area contributed by atoms with Crippen molar-refractivity contribution in [3.8, 4) is 0 Å². The molecule has 0 N–H and O–H groups in total. The molecule has 3 aliphatic rings. The fraction of sp³-hybridized carbons (Fsp3) is 0.645. The summed E-state index contributed by atoms with van der Waals surface area (Å²) in [5, 5.41) is 0. The van der Waals surface area contributed by atoms with Crippen molar-refractivity contribution >= 4 is 11.6 Å². The normalized spacial score (nSPS) is 24.0. The maximum absolute atomic E-state index is 13.6. The number of hydrogen-bond acceptors (Lipinski definition) is 5. The van der Waals surface area contributed by atoms with Crippen molar-refractivity contribution in [1.82, 2.24) is 4.90 Å². The highest BCUT2D eigenvalue weighted by Crippen LogP contribution is 2.49. The number of anilines is 1. The van der Waals surface area contributed by atoms with Crippen LogP contribution in [0.5, 0.6) is 0 Å². The number of ether oxygens (including phenoxy) is 2. The molecule has 6 heteroatoms. The summed E-state index contributed by atoms with van der Waals surface area (Å²) in [6.45, 7) is 12.1. The Morgan fingerprint density at radius 1 is 1.00 bits per heavy atom.